The van der Waals surface area contributed by atoms with Crippen molar-refractivity contribution in [1.29, 1.82) is 0 Å². The van der Waals surface area contributed by atoms with Crippen LogP contribution in [0, 0.1) is 5.92 Å². The summed E-state index contributed by atoms with van der Waals surface area (Å²) >= 11 is 0. The van der Waals surface area contributed by atoms with Crippen molar-refractivity contribution in [3.63, 3.8) is 0 Å². The number of benzene rings is 2. The average Bonchev–Trinajstić information content (AvgIpc) is 2.59. The van der Waals surface area contributed by atoms with E-state index >= 15 is 0 Å². The number of ether oxygens (including phenoxy) is 1. The number of hydrogen-bond donors (Lipinski definition) is 1. The number of nitrogens with one attached hydrogen (secondary N) is 1. The molecule has 0 radical (unpaired) electrons. The Hall–Kier alpha value is -2.29. The highest BCUT2D eigenvalue weighted by Gasteiger charge is 2.08. The minimum Gasteiger partial charge on any atom is -0.493 e. The van der Waals surface area contributed by atoms with Gasteiger partial charge in [0.1, 0.15) is 5.75 Å². The van der Waals surface area contributed by atoms with E-state index in [1.807, 2.05) is 24.3 Å². The number of anilines is 1. The Labute approximate surface area is 145 Å². The van der Waals surface area contributed by atoms with Crippen molar-refractivity contribution in [3.8, 4) is 5.75 Å². The van der Waals surface area contributed by atoms with Crippen molar-refractivity contribution in [2.45, 2.75) is 40.0 Å². The van der Waals surface area contributed by atoms with Gasteiger partial charge in [-0.1, -0.05) is 45.4 Å². The quantitative estimate of drug-likeness (QED) is 0.713. The average molecular weight is 325 g/mol. The van der Waals surface area contributed by atoms with Gasteiger partial charge in [-0.3, -0.25) is 4.79 Å². The molecule has 1 amide bonds. The predicted molar refractivity (Wildman–Crippen MR) is 99.8 cm³/mol. The van der Waals surface area contributed by atoms with Gasteiger partial charge in [0.05, 0.1) is 6.61 Å². The van der Waals surface area contributed by atoms with E-state index in [9.17, 15) is 4.79 Å². The van der Waals surface area contributed by atoms with Crippen LogP contribution in [0.25, 0.3) is 0 Å². The summed E-state index contributed by atoms with van der Waals surface area (Å²) < 4.78 is 5.68. The van der Waals surface area contributed by atoms with E-state index in [2.05, 4.69) is 38.2 Å². The first-order valence-electron chi connectivity index (χ1n) is 8.71. The molecule has 2 rings (SSSR count). The molecule has 0 aliphatic carbocycles. The zero-order valence-corrected chi connectivity index (χ0v) is 14.8. The summed E-state index contributed by atoms with van der Waals surface area (Å²) in [6.45, 7) is 7.03. The molecule has 24 heavy (non-hydrogen) atoms. The zero-order valence-electron chi connectivity index (χ0n) is 14.8. The van der Waals surface area contributed by atoms with Crippen molar-refractivity contribution >= 4 is 11.6 Å². The molecule has 0 aliphatic rings. The topological polar surface area (TPSA) is 38.3 Å². The molecule has 0 saturated heterocycles. The Morgan fingerprint density at radius 2 is 1.88 bits per heavy atom. The van der Waals surface area contributed by atoms with Crippen LogP contribution in [-0.2, 0) is 6.42 Å². The molecule has 0 aliphatic heterocycles. The molecule has 0 heterocycles. The van der Waals surface area contributed by atoms with Crippen LogP contribution in [-0.4, -0.2) is 12.5 Å². The molecule has 2 aromatic carbocycles. The minimum absolute atomic E-state index is 0.119. The summed E-state index contributed by atoms with van der Waals surface area (Å²) in [6, 6.07) is 15.4. The van der Waals surface area contributed by atoms with Crippen molar-refractivity contribution in [1.82, 2.24) is 0 Å². The van der Waals surface area contributed by atoms with E-state index in [1.54, 1.807) is 12.1 Å². The first-order valence-corrected chi connectivity index (χ1v) is 8.71. The monoisotopic (exact) mass is 325 g/mol. The second-order valence-corrected chi connectivity index (χ2v) is 6.49. The third-order valence-electron chi connectivity index (χ3n) is 3.71. The first kappa shape index (κ1) is 18.1. The molecule has 0 unspecified atom stereocenters. The predicted octanol–water partition coefficient (Wildman–Crippen LogP) is 5.32. The van der Waals surface area contributed by atoms with E-state index < -0.39 is 0 Å². The molecule has 0 fully saturated rings. The summed E-state index contributed by atoms with van der Waals surface area (Å²) in [6.07, 6.45) is 3.46. The Bertz CT molecular complexity index is 647. The second-order valence-electron chi connectivity index (χ2n) is 6.49. The van der Waals surface area contributed by atoms with Gasteiger partial charge in [0, 0.05) is 11.3 Å². The highest BCUT2D eigenvalue weighted by molar-refractivity contribution is 6.04. The Kier molecular flexibility index (Phi) is 6.86. The molecule has 3 heteroatoms. The van der Waals surface area contributed by atoms with Gasteiger partial charge in [-0.05, 0) is 54.7 Å². The van der Waals surface area contributed by atoms with Crippen LogP contribution in [0.15, 0.2) is 48.5 Å². The molecule has 3 nitrogen and oxygen atoms in total. The van der Waals surface area contributed by atoms with Gasteiger partial charge in [-0.25, -0.2) is 0 Å². The van der Waals surface area contributed by atoms with Gasteiger partial charge in [-0.2, -0.15) is 0 Å². The summed E-state index contributed by atoms with van der Waals surface area (Å²) in [7, 11) is 0. The van der Waals surface area contributed by atoms with Crippen LogP contribution in [0.3, 0.4) is 0 Å². The van der Waals surface area contributed by atoms with E-state index in [1.165, 1.54) is 18.4 Å². The molecule has 1 N–H and O–H groups in total. The highest BCUT2D eigenvalue weighted by atomic mass is 16.5. The largest absolute Gasteiger partial charge is 0.493 e. The summed E-state index contributed by atoms with van der Waals surface area (Å²) in [5.41, 5.74) is 2.72. The lowest BCUT2D eigenvalue weighted by Crippen LogP contribution is -2.12. The van der Waals surface area contributed by atoms with Gasteiger partial charge in [0.2, 0.25) is 0 Å². The minimum atomic E-state index is -0.119. The molecule has 0 saturated carbocycles. The normalized spacial score (nSPS) is 10.7. The van der Waals surface area contributed by atoms with Crippen molar-refractivity contribution < 1.29 is 9.53 Å². The van der Waals surface area contributed by atoms with Crippen LogP contribution in [0.4, 0.5) is 5.69 Å². The molecular weight excluding hydrogens is 298 g/mol. The van der Waals surface area contributed by atoms with Gasteiger partial charge < -0.3 is 10.1 Å². The van der Waals surface area contributed by atoms with Crippen LogP contribution in [0.5, 0.6) is 5.75 Å². The maximum absolute atomic E-state index is 12.4. The van der Waals surface area contributed by atoms with Crippen molar-refractivity contribution in [3.05, 3.63) is 59.7 Å². The SMILES string of the molecule is CCCCc1ccc(NC(=O)c2cccc(OCC(C)C)c2)cc1. The van der Waals surface area contributed by atoms with Crippen molar-refractivity contribution in [2.75, 3.05) is 11.9 Å². The van der Waals surface area contributed by atoms with Gasteiger partial charge >= 0.3 is 0 Å². The zero-order chi connectivity index (χ0) is 17.4. The van der Waals surface area contributed by atoms with E-state index in [0.29, 0.717) is 18.1 Å². The number of hydrogen-bond acceptors (Lipinski definition) is 2. The van der Waals surface area contributed by atoms with Gasteiger partial charge in [0.25, 0.3) is 5.91 Å². The standard InChI is InChI=1S/C21H27NO2/c1-4-5-7-17-10-12-19(13-11-17)22-21(23)18-8-6-9-20(14-18)24-15-16(2)3/h6,8-14,16H,4-5,7,15H2,1-3H3,(H,22,23). The Balaban J connectivity index is 1.97. The third-order valence-corrected chi connectivity index (χ3v) is 3.71. The fourth-order valence-electron chi connectivity index (χ4n) is 2.33. The summed E-state index contributed by atoms with van der Waals surface area (Å²) in [5.74, 6) is 1.06. The van der Waals surface area contributed by atoms with Crippen LogP contribution < -0.4 is 10.1 Å². The fraction of sp³-hybridized carbons (Fsp3) is 0.381. The summed E-state index contributed by atoms with van der Waals surface area (Å²) in [5, 5.41) is 2.94. The van der Waals surface area contributed by atoms with Gasteiger partial charge in [-0.15, -0.1) is 0 Å². The number of unbranched alkanes of at least 4 members (excludes halogenated alkanes) is 1. The van der Waals surface area contributed by atoms with E-state index in [-0.39, 0.29) is 5.91 Å². The van der Waals surface area contributed by atoms with E-state index in [4.69, 9.17) is 4.74 Å². The van der Waals surface area contributed by atoms with Crippen LogP contribution >= 0.6 is 0 Å². The lowest BCUT2D eigenvalue weighted by molar-refractivity contribution is 0.102. The highest BCUT2D eigenvalue weighted by Crippen LogP contribution is 2.17. The van der Waals surface area contributed by atoms with Crippen LogP contribution in [0.2, 0.25) is 0 Å². The maximum Gasteiger partial charge on any atom is 0.255 e. The number of aryl methyl sites for hydroxylation is 1. The molecule has 0 bridgehead atoms. The number of amides is 1. The second kappa shape index (κ2) is 9.11. The molecule has 0 aromatic heterocycles. The lowest BCUT2D eigenvalue weighted by atomic mass is 10.1. The molecular formula is C21H27NO2. The van der Waals surface area contributed by atoms with Gasteiger partial charge in [0.15, 0.2) is 0 Å². The Morgan fingerprint density at radius 1 is 1.12 bits per heavy atom. The first-order chi connectivity index (χ1) is 11.6. The van der Waals surface area contributed by atoms with E-state index in [0.717, 1.165) is 17.9 Å². The number of rotatable bonds is 8. The molecule has 2 aromatic rings. The fourth-order valence-corrected chi connectivity index (χ4v) is 2.33. The molecule has 128 valence electrons. The molecule has 0 spiro atoms. The lowest BCUT2D eigenvalue weighted by Gasteiger charge is -2.10. The smallest absolute Gasteiger partial charge is 0.255 e. The maximum atomic E-state index is 12.4. The Morgan fingerprint density at radius 3 is 2.54 bits per heavy atom. The third kappa shape index (κ3) is 5.73. The number of carbonyl (C=O) groups excluding carboxylic acids is 1. The van der Waals surface area contributed by atoms with Crippen molar-refractivity contribution in [2.24, 2.45) is 5.92 Å². The summed E-state index contributed by atoms with van der Waals surface area (Å²) in [4.78, 5) is 12.4. The molecule has 0 atom stereocenters. The van der Waals surface area contributed by atoms with Crippen LogP contribution in [0.1, 0.15) is 49.5 Å². The number of carbonyl (C=O) groups is 1.